The summed E-state index contributed by atoms with van der Waals surface area (Å²) in [5.41, 5.74) is 3.46. The molecule has 0 spiro atoms. The van der Waals surface area contributed by atoms with Gasteiger partial charge in [0.05, 0.1) is 6.04 Å². The molecule has 0 bridgehead atoms. The second-order valence-corrected chi connectivity index (χ2v) is 6.88. The number of aromatic nitrogens is 2. The van der Waals surface area contributed by atoms with Gasteiger partial charge in [-0.15, -0.1) is 0 Å². The van der Waals surface area contributed by atoms with E-state index < -0.39 is 0 Å². The fourth-order valence-corrected chi connectivity index (χ4v) is 3.24. The van der Waals surface area contributed by atoms with E-state index in [-0.39, 0.29) is 18.5 Å². The van der Waals surface area contributed by atoms with Crippen LogP contribution in [-0.4, -0.2) is 41.0 Å². The summed E-state index contributed by atoms with van der Waals surface area (Å²) < 4.78 is 1.88. The normalized spacial score (nSPS) is 12.1. The summed E-state index contributed by atoms with van der Waals surface area (Å²) in [4.78, 5) is 19.1. The first-order valence-electron chi connectivity index (χ1n) is 9.11. The molecule has 3 rings (SSSR count). The summed E-state index contributed by atoms with van der Waals surface area (Å²) in [5, 5.41) is 3.08. The predicted octanol–water partition coefficient (Wildman–Crippen LogP) is 3.28. The quantitative estimate of drug-likeness (QED) is 0.702. The number of amides is 1. The zero-order chi connectivity index (χ0) is 19.2. The second-order valence-electron chi connectivity index (χ2n) is 6.88. The van der Waals surface area contributed by atoms with Crippen molar-refractivity contribution in [2.75, 3.05) is 20.6 Å². The topological polar surface area (TPSA) is 50.2 Å². The van der Waals surface area contributed by atoms with Crippen LogP contribution in [0.4, 0.5) is 0 Å². The highest BCUT2D eigenvalue weighted by molar-refractivity contribution is 5.76. The predicted molar refractivity (Wildman–Crippen MR) is 108 cm³/mol. The number of benzene rings is 2. The lowest BCUT2D eigenvalue weighted by molar-refractivity contribution is -0.121. The first kappa shape index (κ1) is 18.9. The lowest BCUT2D eigenvalue weighted by Crippen LogP contribution is -2.36. The number of hydrogen-bond donors (Lipinski definition) is 1. The molecule has 0 saturated carbocycles. The Morgan fingerprint density at radius 1 is 1.11 bits per heavy atom. The monoisotopic (exact) mass is 362 g/mol. The van der Waals surface area contributed by atoms with Crippen LogP contribution in [0.25, 0.3) is 11.4 Å². The van der Waals surface area contributed by atoms with E-state index in [0.29, 0.717) is 6.54 Å². The summed E-state index contributed by atoms with van der Waals surface area (Å²) >= 11 is 0. The van der Waals surface area contributed by atoms with Gasteiger partial charge in [0, 0.05) is 24.5 Å². The highest BCUT2D eigenvalue weighted by atomic mass is 16.1. The maximum atomic E-state index is 12.6. The lowest BCUT2D eigenvalue weighted by Gasteiger charge is -2.26. The molecule has 5 nitrogen and oxygen atoms in total. The standard InChI is InChI=1S/C22H26N4O/c1-17-9-7-8-12-19(17)20(25(2)3)15-24-21(27)16-26-14-13-23-22(26)18-10-5-4-6-11-18/h4-14,20H,15-16H2,1-3H3,(H,24,27)/t20-/m0/s1. The Morgan fingerprint density at radius 3 is 2.52 bits per heavy atom. The average molecular weight is 362 g/mol. The van der Waals surface area contributed by atoms with Crippen molar-refractivity contribution in [2.45, 2.75) is 19.5 Å². The molecule has 5 heteroatoms. The molecule has 0 saturated heterocycles. The molecule has 0 aliphatic rings. The molecule has 1 heterocycles. The van der Waals surface area contributed by atoms with E-state index in [1.165, 1.54) is 11.1 Å². The number of nitrogens with one attached hydrogen (secondary N) is 1. The summed E-state index contributed by atoms with van der Waals surface area (Å²) in [6.45, 7) is 2.91. The molecule has 27 heavy (non-hydrogen) atoms. The molecule has 0 unspecified atom stereocenters. The van der Waals surface area contributed by atoms with Crippen LogP contribution in [-0.2, 0) is 11.3 Å². The Labute approximate surface area is 160 Å². The third-order valence-corrected chi connectivity index (χ3v) is 4.72. The van der Waals surface area contributed by atoms with Crippen molar-refractivity contribution >= 4 is 5.91 Å². The summed E-state index contributed by atoms with van der Waals surface area (Å²) in [6, 6.07) is 18.3. The summed E-state index contributed by atoms with van der Waals surface area (Å²) in [7, 11) is 4.07. The minimum atomic E-state index is -0.0226. The Morgan fingerprint density at radius 2 is 1.81 bits per heavy atom. The van der Waals surface area contributed by atoms with Crippen molar-refractivity contribution in [1.29, 1.82) is 0 Å². The van der Waals surface area contributed by atoms with Crippen LogP contribution in [0, 0.1) is 6.92 Å². The molecule has 1 aromatic heterocycles. The van der Waals surface area contributed by atoms with Gasteiger partial charge in [0.1, 0.15) is 12.4 Å². The second kappa shape index (κ2) is 8.64. The smallest absolute Gasteiger partial charge is 0.240 e. The van der Waals surface area contributed by atoms with E-state index in [1.54, 1.807) is 6.20 Å². The minimum Gasteiger partial charge on any atom is -0.353 e. The third kappa shape index (κ3) is 4.63. The first-order chi connectivity index (χ1) is 13.1. The number of hydrogen-bond acceptors (Lipinski definition) is 3. The molecule has 0 fully saturated rings. The Balaban J connectivity index is 1.66. The number of aryl methyl sites for hydroxylation is 1. The van der Waals surface area contributed by atoms with Gasteiger partial charge >= 0.3 is 0 Å². The maximum Gasteiger partial charge on any atom is 0.240 e. The van der Waals surface area contributed by atoms with Crippen LogP contribution < -0.4 is 5.32 Å². The number of imidazole rings is 1. The van der Waals surface area contributed by atoms with Gasteiger partial charge in [-0.05, 0) is 32.1 Å². The number of rotatable bonds is 7. The van der Waals surface area contributed by atoms with Gasteiger partial charge in [-0.1, -0.05) is 54.6 Å². The molecular formula is C22H26N4O. The molecule has 2 aromatic carbocycles. The van der Waals surface area contributed by atoms with Gasteiger partial charge in [0.2, 0.25) is 5.91 Å². The fourth-order valence-electron chi connectivity index (χ4n) is 3.24. The van der Waals surface area contributed by atoms with Gasteiger partial charge < -0.3 is 14.8 Å². The van der Waals surface area contributed by atoms with Crippen molar-refractivity contribution in [3.63, 3.8) is 0 Å². The zero-order valence-electron chi connectivity index (χ0n) is 16.1. The fraction of sp³-hybridized carbons (Fsp3) is 0.273. The Hall–Kier alpha value is -2.92. The molecule has 1 amide bonds. The summed E-state index contributed by atoms with van der Waals surface area (Å²) in [6.07, 6.45) is 3.57. The molecular weight excluding hydrogens is 336 g/mol. The molecule has 3 aromatic rings. The first-order valence-corrected chi connectivity index (χ1v) is 9.11. The lowest BCUT2D eigenvalue weighted by atomic mass is 10.0. The van der Waals surface area contributed by atoms with Crippen LogP contribution in [0.15, 0.2) is 67.0 Å². The Kier molecular flexibility index (Phi) is 6.04. The van der Waals surface area contributed by atoms with E-state index in [1.807, 2.05) is 67.3 Å². The SMILES string of the molecule is Cc1ccccc1[C@H](CNC(=O)Cn1ccnc1-c1ccccc1)N(C)C. The van der Waals surface area contributed by atoms with E-state index in [2.05, 4.69) is 34.3 Å². The van der Waals surface area contributed by atoms with Crippen LogP contribution in [0.5, 0.6) is 0 Å². The van der Waals surface area contributed by atoms with Crippen molar-refractivity contribution in [1.82, 2.24) is 19.8 Å². The zero-order valence-corrected chi connectivity index (χ0v) is 16.1. The summed E-state index contributed by atoms with van der Waals surface area (Å²) in [5.74, 6) is 0.777. The van der Waals surface area contributed by atoms with Crippen molar-refractivity contribution in [2.24, 2.45) is 0 Å². The van der Waals surface area contributed by atoms with Gasteiger partial charge in [0.15, 0.2) is 0 Å². The molecule has 1 atom stereocenters. The molecule has 0 aliphatic carbocycles. The molecule has 1 N–H and O–H groups in total. The average Bonchev–Trinajstić information content (AvgIpc) is 3.12. The van der Waals surface area contributed by atoms with Crippen LogP contribution in [0.1, 0.15) is 17.2 Å². The third-order valence-electron chi connectivity index (χ3n) is 4.72. The van der Waals surface area contributed by atoms with Crippen LogP contribution in [0.3, 0.4) is 0 Å². The van der Waals surface area contributed by atoms with Crippen molar-refractivity contribution in [3.8, 4) is 11.4 Å². The van der Waals surface area contributed by atoms with Gasteiger partial charge in [-0.2, -0.15) is 0 Å². The maximum absolute atomic E-state index is 12.6. The number of likely N-dealkylation sites (N-methyl/N-ethyl adjacent to an activating group) is 1. The minimum absolute atomic E-state index is 0.0226. The largest absolute Gasteiger partial charge is 0.353 e. The van der Waals surface area contributed by atoms with Crippen LogP contribution >= 0.6 is 0 Å². The molecule has 0 aliphatic heterocycles. The van der Waals surface area contributed by atoms with Gasteiger partial charge in [-0.25, -0.2) is 4.98 Å². The number of nitrogens with zero attached hydrogens (tertiary/aromatic N) is 3. The van der Waals surface area contributed by atoms with Crippen LogP contribution in [0.2, 0.25) is 0 Å². The highest BCUT2D eigenvalue weighted by Gasteiger charge is 2.17. The van der Waals surface area contributed by atoms with Gasteiger partial charge in [0.25, 0.3) is 0 Å². The van der Waals surface area contributed by atoms with Gasteiger partial charge in [-0.3, -0.25) is 4.79 Å². The van der Waals surface area contributed by atoms with E-state index in [0.717, 1.165) is 11.4 Å². The number of carbonyl (C=O) groups is 1. The van der Waals surface area contributed by atoms with E-state index in [4.69, 9.17) is 0 Å². The van der Waals surface area contributed by atoms with E-state index in [9.17, 15) is 4.79 Å². The van der Waals surface area contributed by atoms with Crippen molar-refractivity contribution in [3.05, 3.63) is 78.1 Å². The Bertz CT molecular complexity index is 886. The van der Waals surface area contributed by atoms with E-state index >= 15 is 0 Å². The van der Waals surface area contributed by atoms with Crippen molar-refractivity contribution < 1.29 is 4.79 Å². The molecule has 140 valence electrons. The molecule has 0 radical (unpaired) electrons. The highest BCUT2D eigenvalue weighted by Crippen LogP contribution is 2.21. The number of carbonyl (C=O) groups excluding carboxylic acids is 1.